The second-order valence-corrected chi connectivity index (χ2v) is 9.32. The lowest BCUT2D eigenvalue weighted by Gasteiger charge is -2.31. The summed E-state index contributed by atoms with van der Waals surface area (Å²) >= 11 is 0. The molecule has 5 nitrogen and oxygen atoms in total. The van der Waals surface area contributed by atoms with Crippen molar-refractivity contribution in [1.82, 2.24) is 10.2 Å². The highest BCUT2D eigenvalue weighted by molar-refractivity contribution is 7.90. The van der Waals surface area contributed by atoms with E-state index < -0.39 is 9.84 Å². The van der Waals surface area contributed by atoms with E-state index in [1.54, 1.807) is 0 Å². The molecule has 1 saturated heterocycles. The zero-order valence-electron chi connectivity index (χ0n) is 15.3. The van der Waals surface area contributed by atoms with Gasteiger partial charge in [0.25, 0.3) is 0 Å². The summed E-state index contributed by atoms with van der Waals surface area (Å²) in [6.07, 6.45) is 6.08. The van der Waals surface area contributed by atoms with Crippen LogP contribution >= 0.6 is 0 Å². The molecule has 1 unspecified atom stereocenters. The molecule has 140 valence electrons. The molecule has 1 aromatic rings. The van der Waals surface area contributed by atoms with E-state index in [1.807, 2.05) is 0 Å². The summed E-state index contributed by atoms with van der Waals surface area (Å²) in [7, 11) is -3.11. The molecule has 0 spiro atoms. The fourth-order valence-corrected chi connectivity index (χ4v) is 3.79. The third-order valence-corrected chi connectivity index (χ3v) is 5.68. The van der Waals surface area contributed by atoms with Gasteiger partial charge in [-0.15, -0.1) is 0 Å². The van der Waals surface area contributed by atoms with Gasteiger partial charge in [-0.05, 0) is 38.4 Å². The average Bonchev–Trinajstić information content (AvgIpc) is 2.83. The fraction of sp³-hybridized carbons (Fsp3) is 0.632. The summed E-state index contributed by atoms with van der Waals surface area (Å²) in [5.41, 5.74) is 2.42. The van der Waals surface area contributed by atoms with Crippen LogP contribution in [0.25, 0.3) is 0 Å². The molecule has 6 heteroatoms. The van der Waals surface area contributed by atoms with Crippen molar-refractivity contribution in [3.05, 3.63) is 35.4 Å². The van der Waals surface area contributed by atoms with Crippen LogP contribution in [0, 0.1) is 6.92 Å². The van der Waals surface area contributed by atoms with E-state index in [1.165, 1.54) is 36.8 Å². The van der Waals surface area contributed by atoms with Gasteiger partial charge in [0, 0.05) is 19.2 Å². The van der Waals surface area contributed by atoms with Crippen LogP contribution in [0.3, 0.4) is 0 Å². The number of amides is 1. The van der Waals surface area contributed by atoms with E-state index in [0.717, 1.165) is 19.3 Å². The maximum absolute atomic E-state index is 12.0. The molecule has 1 N–H and O–H groups in total. The Morgan fingerprint density at radius 2 is 1.72 bits per heavy atom. The van der Waals surface area contributed by atoms with E-state index in [-0.39, 0.29) is 24.1 Å². The topological polar surface area (TPSA) is 66.5 Å². The number of aryl methyl sites for hydroxylation is 1. The van der Waals surface area contributed by atoms with E-state index >= 15 is 0 Å². The maximum atomic E-state index is 12.0. The molecule has 0 radical (unpaired) electrons. The van der Waals surface area contributed by atoms with Crippen molar-refractivity contribution in [2.24, 2.45) is 0 Å². The maximum Gasteiger partial charge on any atom is 0.221 e. The molecule has 0 aliphatic carbocycles. The Labute approximate surface area is 151 Å². The Hall–Kier alpha value is -1.40. The van der Waals surface area contributed by atoms with E-state index in [4.69, 9.17) is 0 Å². The molecule has 0 bridgehead atoms. The normalized spacial score (nSPS) is 17.7. The zero-order chi connectivity index (χ0) is 18.3. The van der Waals surface area contributed by atoms with E-state index in [2.05, 4.69) is 41.4 Å². The minimum Gasteiger partial charge on any atom is -0.354 e. The number of nitrogens with one attached hydrogen (secondary N) is 1. The highest BCUT2D eigenvalue weighted by Crippen LogP contribution is 2.24. The smallest absolute Gasteiger partial charge is 0.221 e. The Kier molecular flexibility index (Phi) is 7.44. The quantitative estimate of drug-likeness (QED) is 0.805. The van der Waals surface area contributed by atoms with Gasteiger partial charge in [0.05, 0.1) is 11.8 Å². The molecule has 0 aromatic heterocycles. The number of rotatable bonds is 7. The molecule has 1 heterocycles. The predicted octanol–water partition coefficient (Wildman–Crippen LogP) is 2.46. The zero-order valence-corrected chi connectivity index (χ0v) is 16.1. The van der Waals surface area contributed by atoms with Crippen LogP contribution in [0.4, 0.5) is 0 Å². The number of carbonyl (C=O) groups excluding carboxylic acids is 1. The molecule has 1 aliphatic rings. The van der Waals surface area contributed by atoms with Crippen LogP contribution in [0.2, 0.25) is 0 Å². The van der Waals surface area contributed by atoms with Crippen LogP contribution in [0.1, 0.15) is 49.3 Å². The molecular formula is C19H30N2O3S. The highest BCUT2D eigenvalue weighted by Gasteiger charge is 2.22. The van der Waals surface area contributed by atoms with Crippen LogP contribution in [0.15, 0.2) is 24.3 Å². The minimum absolute atomic E-state index is 0.0272. The third kappa shape index (κ3) is 7.16. The molecule has 0 saturated carbocycles. The molecule has 1 fully saturated rings. The SMILES string of the molecule is Cc1ccc(C(CNC(=O)CCS(C)(=O)=O)N2CCCCCC2)cc1. The molecule has 1 atom stereocenters. The average molecular weight is 367 g/mol. The second kappa shape index (κ2) is 9.34. The molecular weight excluding hydrogens is 336 g/mol. The number of nitrogens with zero attached hydrogens (tertiary/aromatic N) is 1. The number of benzene rings is 1. The van der Waals surface area contributed by atoms with Gasteiger partial charge in [0.1, 0.15) is 9.84 Å². The summed E-state index contributed by atoms with van der Waals surface area (Å²) in [6.45, 7) is 4.67. The lowest BCUT2D eigenvalue weighted by atomic mass is 10.0. The van der Waals surface area contributed by atoms with Gasteiger partial charge >= 0.3 is 0 Å². The van der Waals surface area contributed by atoms with Crippen LogP contribution in [-0.2, 0) is 14.6 Å². The Balaban J connectivity index is 2.03. The van der Waals surface area contributed by atoms with Crippen molar-refractivity contribution < 1.29 is 13.2 Å². The summed E-state index contributed by atoms with van der Waals surface area (Å²) in [5.74, 6) is -0.296. The number of sulfone groups is 1. The number of carbonyl (C=O) groups is 1. The first-order valence-electron chi connectivity index (χ1n) is 9.10. The van der Waals surface area contributed by atoms with Crippen molar-refractivity contribution in [2.75, 3.05) is 31.6 Å². The Morgan fingerprint density at radius 1 is 1.12 bits per heavy atom. The largest absolute Gasteiger partial charge is 0.354 e. The third-order valence-electron chi connectivity index (χ3n) is 4.74. The molecule has 25 heavy (non-hydrogen) atoms. The van der Waals surface area contributed by atoms with Gasteiger partial charge in [-0.3, -0.25) is 9.69 Å². The standard InChI is InChI=1S/C19H30N2O3S/c1-16-7-9-17(10-8-16)18(21-12-5-3-4-6-13-21)15-20-19(22)11-14-25(2,23)24/h7-10,18H,3-6,11-15H2,1-2H3,(H,20,22). The predicted molar refractivity (Wildman–Crippen MR) is 101 cm³/mol. The molecule has 1 aromatic carbocycles. The first-order chi connectivity index (χ1) is 11.8. The van der Waals surface area contributed by atoms with Crippen molar-refractivity contribution in [3.63, 3.8) is 0 Å². The van der Waals surface area contributed by atoms with Gasteiger partial charge < -0.3 is 5.32 Å². The molecule has 2 rings (SSSR count). The van der Waals surface area contributed by atoms with Crippen molar-refractivity contribution in [2.45, 2.75) is 45.1 Å². The van der Waals surface area contributed by atoms with Crippen molar-refractivity contribution >= 4 is 15.7 Å². The number of hydrogen-bond donors (Lipinski definition) is 1. The van der Waals surface area contributed by atoms with Gasteiger partial charge in [-0.2, -0.15) is 0 Å². The minimum atomic E-state index is -3.11. The first-order valence-corrected chi connectivity index (χ1v) is 11.2. The first kappa shape index (κ1) is 19.9. The second-order valence-electron chi connectivity index (χ2n) is 7.06. The summed E-state index contributed by atoms with van der Waals surface area (Å²) < 4.78 is 22.4. The van der Waals surface area contributed by atoms with Gasteiger partial charge in [-0.25, -0.2) is 8.42 Å². The molecule has 1 aliphatic heterocycles. The summed E-state index contributed by atoms with van der Waals surface area (Å²) in [4.78, 5) is 14.5. The van der Waals surface area contributed by atoms with Gasteiger partial charge in [0.15, 0.2) is 0 Å². The van der Waals surface area contributed by atoms with Crippen molar-refractivity contribution in [1.29, 1.82) is 0 Å². The van der Waals surface area contributed by atoms with Crippen LogP contribution in [0.5, 0.6) is 0 Å². The molecule has 1 amide bonds. The number of likely N-dealkylation sites (tertiary alicyclic amines) is 1. The fourth-order valence-electron chi connectivity index (χ4n) is 3.23. The van der Waals surface area contributed by atoms with Gasteiger partial charge in [0.2, 0.25) is 5.91 Å². The van der Waals surface area contributed by atoms with E-state index in [9.17, 15) is 13.2 Å². The lowest BCUT2D eigenvalue weighted by molar-refractivity contribution is -0.121. The van der Waals surface area contributed by atoms with E-state index in [0.29, 0.717) is 6.54 Å². The monoisotopic (exact) mass is 366 g/mol. The summed E-state index contributed by atoms with van der Waals surface area (Å²) in [6, 6.07) is 8.61. The van der Waals surface area contributed by atoms with Gasteiger partial charge in [-0.1, -0.05) is 42.7 Å². The Bertz CT molecular complexity index is 648. The van der Waals surface area contributed by atoms with Crippen LogP contribution < -0.4 is 5.32 Å². The van der Waals surface area contributed by atoms with Crippen LogP contribution in [-0.4, -0.2) is 50.9 Å². The summed E-state index contributed by atoms with van der Waals surface area (Å²) in [5, 5.41) is 2.94. The number of hydrogen-bond acceptors (Lipinski definition) is 4. The highest BCUT2D eigenvalue weighted by atomic mass is 32.2. The lowest BCUT2D eigenvalue weighted by Crippen LogP contribution is -2.39. The Morgan fingerprint density at radius 3 is 2.28 bits per heavy atom. The van der Waals surface area contributed by atoms with Crippen molar-refractivity contribution in [3.8, 4) is 0 Å².